The fourth-order valence-corrected chi connectivity index (χ4v) is 1.25. The summed E-state index contributed by atoms with van der Waals surface area (Å²) in [7, 11) is 0. The van der Waals surface area contributed by atoms with Crippen molar-refractivity contribution in [2.75, 3.05) is 5.73 Å². The van der Waals surface area contributed by atoms with Crippen LogP contribution in [0.2, 0.25) is 0 Å². The first-order valence-electron chi connectivity index (χ1n) is 3.07. The molecule has 1 aromatic heterocycles. The van der Waals surface area contributed by atoms with Gasteiger partial charge in [-0.2, -0.15) is 13.2 Å². The lowest BCUT2D eigenvalue weighted by molar-refractivity contribution is -0.146. The zero-order valence-electron chi connectivity index (χ0n) is 6.09. The molecule has 1 rings (SSSR count). The first-order valence-corrected chi connectivity index (χ1v) is 3.88. The normalized spacial score (nSPS) is 14.7. The minimum atomic E-state index is -4.27. The second kappa shape index (κ2) is 2.89. The first kappa shape index (κ1) is 9.24. The zero-order chi connectivity index (χ0) is 9.35. The molecular formula is C5H6F3N3S. The van der Waals surface area contributed by atoms with Crippen LogP contribution in [0.3, 0.4) is 0 Å². The Hall–Kier alpha value is -0.850. The van der Waals surface area contributed by atoms with Crippen LogP contribution in [0.15, 0.2) is 0 Å². The Labute approximate surface area is 70.4 Å². The van der Waals surface area contributed by atoms with Crippen molar-refractivity contribution >= 4 is 16.5 Å². The predicted molar refractivity (Wildman–Crippen MR) is 38.8 cm³/mol. The molecule has 2 N–H and O–H groups in total. The molecule has 0 aromatic carbocycles. The van der Waals surface area contributed by atoms with Gasteiger partial charge in [-0.15, -0.1) is 10.2 Å². The lowest BCUT2D eigenvalue weighted by atomic mass is 10.2. The SMILES string of the molecule is CC(c1nnc(N)s1)C(F)(F)F. The maximum atomic E-state index is 12.0. The van der Waals surface area contributed by atoms with Gasteiger partial charge in [-0.25, -0.2) is 0 Å². The monoisotopic (exact) mass is 197 g/mol. The number of rotatable bonds is 1. The molecule has 3 nitrogen and oxygen atoms in total. The summed E-state index contributed by atoms with van der Waals surface area (Å²) in [6, 6.07) is 0. The van der Waals surface area contributed by atoms with E-state index in [1.807, 2.05) is 0 Å². The van der Waals surface area contributed by atoms with E-state index in [-0.39, 0.29) is 10.1 Å². The number of nitrogens with two attached hydrogens (primary N) is 1. The predicted octanol–water partition coefficient (Wildman–Crippen LogP) is 1.79. The maximum Gasteiger partial charge on any atom is 0.397 e. The molecule has 7 heteroatoms. The summed E-state index contributed by atoms with van der Waals surface area (Å²) in [5.41, 5.74) is 5.14. The fourth-order valence-electron chi connectivity index (χ4n) is 0.562. The van der Waals surface area contributed by atoms with E-state index in [9.17, 15) is 13.2 Å². The van der Waals surface area contributed by atoms with Crippen molar-refractivity contribution in [1.82, 2.24) is 10.2 Å². The maximum absolute atomic E-state index is 12.0. The van der Waals surface area contributed by atoms with Gasteiger partial charge in [-0.1, -0.05) is 11.3 Å². The second-order valence-electron chi connectivity index (χ2n) is 2.24. The lowest BCUT2D eigenvalue weighted by Gasteiger charge is -2.10. The van der Waals surface area contributed by atoms with Crippen molar-refractivity contribution in [3.8, 4) is 0 Å². The van der Waals surface area contributed by atoms with Crippen molar-refractivity contribution in [3.63, 3.8) is 0 Å². The van der Waals surface area contributed by atoms with Crippen LogP contribution in [0, 0.1) is 0 Å². The smallest absolute Gasteiger partial charge is 0.374 e. The molecule has 0 aliphatic carbocycles. The molecule has 0 aliphatic rings. The van der Waals surface area contributed by atoms with Crippen LogP contribution < -0.4 is 5.73 Å². The van der Waals surface area contributed by atoms with Crippen LogP contribution in [-0.4, -0.2) is 16.4 Å². The van der Waals surface area contributed by atoms with Gasteiger partial charge in [-0.05, 0) is 6.92 Å². The Morgan fingerprint density at radius 3 is 2.33 bits per heavy atom. The van der Waals surface area contributed by atoms with Crippen molar-refractivity contribution in [2.24, 2.45) is 0 Å². The number of hydrogen-bond donors (Lipinski definition) is 1. The third kappa shape index (κ3) is 1.84. The molecule has 68 valence electrons. The minimum Gasteiger partial charge on any atom is -0.374 e. The Kier molecular flexibility index (Phi) is 2.22. The van der Waals surface area contributed by atoms with E-state index in [4.69, 9.17) is 5.73 Å². The van der Waals surface area contributed by atoms with Gasteiger partial charge in [0.1, 0.15) is 10.9 Å². The highest BCUT2D eigenvalue weighted by Crippen LogP contribution is 2.35. The van der Waals surface area contributed by atoms with Crippen LogP contribution in [0.5, 0.6) is 0 Å². The molecule has 1 unspecified atom stereocenters. The molecule has 0 amide bonds. The van der Waals surface area contributed by atoms with Crippen LogP contribution in [0.4, 0.5) is 18.3 Å². The molecule has 1 aromatic rings. The molecule has 0 saturated heterocycles. The van der Waals surface area contributed by atoms with Gasteiger partial charge in [0.05, 0.1) is 0 Å². The van der Waals surface area contributed by atoms with E-state index in [2.05, 4.69) is 10.2 Å². The summed E-state index contributed by atoms with van der Waals surface area (Å²) >= 11 is 0.758. The van der Waals surface area contributed by atoms with Crippen molar-refractivity contribution < 1.29 is 13.2 Å². The highest BCUT2D eigenvalue weighted by Gasteiger charge is 2.39. The number of hydrogen-bond acceptors (Lipinski definition) is 4. The second-order valence-corrected chi connectivity index (χ2v) is 3.28. The van der Waals surface area contributed by atoms with Crippen LogP contribution in [0.25, 0.3) is 0 Å². The number of nitrogens with zero attached hydrogens (tertiary/aromatic N) is 2. The van der Waals surface area contributed by atoms with Gasteiger partial charge >= 0.3 is 6.18 Å². The molecule has 0 bridgehead atoms. The topological polar surface area (TPSA) is 51.8 Å². The first-order chi connectivity index (χ1) is 5.41. The zero-order valence-corrected chi connectivity index (χ0v) is 6.91. The molecule has 12 heavy (non-hydrogen) atoms. The van der Waals surface area contributed by atoms with Gasteiger partial charge in [0.15, 0.2) is 0 Å². The molecule has 0 aliphatic heterocycles. The van der Waals surface area contributed by atoms with E-state index in [1.54, 1.807) is 0 Å². The van der Waals surface area contributed by atoms with Gasteiger partial charge < -0.3 is 5.73 Å². The summed E-state index contributed by atoms with van der Waals surface area (Å²) in [5, 5.41) is 6.56. The van der Waals surface area contributed by atoms with Crippen LogP contribution in [0.1, 0.15) is 17.8 Å². The van der Waals surface area contributed by atoms with Crippen molar-refractivity contribution in [2.45, 2.75) is 19.0 Å². The van der Waals surface area contributed by atoms with Gasteiger partial charge in [0.25, 0.3) is 0 Å². The number of halogens is 3. The molecule has 0 saturated carbocycles. The Morgan fingerprint density at radius 1 is 1.42 bits per heavy atom. The van der Waals surface area contributed by atoms with Crippen molar-refractivity contribution in [1.29, 1.82) is 0 Å². The molecular weight excluding hydrogens is 191 g/mol. The quantitative estimate of drug-likeness (QED) is 0.746. The summed E-state index contributed by atoms with van der Waals surface area (Å²) in [6.45, 7) is 1.03. The van der Waals surface area contributed by atoms with E-state index in [0.717, 1.165) is 18.3 Å². The van der Waals surface area contributed by atoms with Crippen molar-refractivity contribution in [3.05, 3.63) is 5.01 Å². The number of aromatic nitrogens is 2. The minimum absolute atomic E-state index is 0.0566. The fraction of sp³-hybridized carbons (Fsp3) is 0.600. The third-order valence-electron chi connectivity index (χ3n) is 1.32. The van der Waals surface area contributed by atoms with Gasteiger partial charge in [0, 0.05) is 0 Å². The number of alkyl halides is 3. The summed E-state index contributed by atoms with van der Waals surface area (Å²) in [5.74, 6) is -1.59. The van der Waals surface area contributed by atoms with E-state index >= 15 is 0 Å². The third-order valence-corrected chi connectivity index (χ3v) is 2.25. The van der Waals surface area contributed by atoms with Gasteiger partial charge in [-0.3, -0.25) is 0 Å². The van der Waals surface area contributed by atoms with Crippen LogP contribution >= 0.6 is 11.3 Å². The molecule has 0 fully saturated rings. The van der Waals surface area contributed by atoms with E-state index in [0.29, 0.717) is 0 Å². The summed E-state index contributed by atoms with van der Waals surface area (Å²) < 4.78 is 36.1. The average molecular weight is 197 g/mol. The summed E-state index contributed by atoms with van der Waals surface area (Å²) in [4.78, 5) is 0. The molecule has 0 radical (unpaired) electrons. The number of anilines is 1. The Morgan fingerprint density at radius 2 is 2.00 bits per heavy atom. The highest BCUT2D eigenvalue weighted by molar-refractivity contribution is 7.15. The largest absolute Gasteiger partial charge is 0.397 e. The standard InChI is InChI=1S/C5H6F3N3S/c1-2(5(6,7)8)3-10-11-4(9)12-3/h2H,1H3,(H2,9,11). The number of nitrogen functional groups attached to an aromatic ring is 1. The highest BCUT2D eigenvalue weighted by atomic mass is 32.1. The molecule has 1 heterocycles. The van der Waals surface area contributed by atoms with E-state index < -0.39 is 12.1 Å². The molecule has 0 spiro atoms. The Bertz CT molecular complexity index is 269. The molecule has 1 atom stereocenters. The van der Waals surface area contributed by atoms with E-state index in [1.165, 1.54) is 0 Å². The Balaban J connectivity index is 2.85. The van der Waals surface area contributed by atoms with Crippen LogP contribution in [-0.2, 0) is 0 Å². The summed E-state index contributed by atoms with van der Waals surface area (Å²) in [6.07, 6.45) is -4.27. The van der Waals surface area contributed by atoms with Gasteiger partial charge in [0.2, 0.25) is 5.13 Å². The average Bonchev–Trinajstić information content (AvgIpc) is 2.32. The lowest BCUT2D eigenvalue weighted by Crippen LogP contribution is -2.17.